The van der Waals surface area contributed by atoms with E-state index in [1.807, 2.05) is 60.7 Å². The number of nitrogens with two attached hydrogens (primary N) is 1. The van der Waals surface area contributed by atoms with Crippen molar-refractivity contribution < 1.29 is 5.11 Å². The molecule has 0 spiro atoms. The summed E-state index contributed by atoms with van der Waals surface area (Å²) in [4.78, 5) is 4.63. The van der Waals surface area contributed by atoms with E-state index in [9.17, 15) is 5.11 Å². The second kappa shape index (κ2) is 8.15. The number of rotatable bonds is 4. The fraction of sp³-hybridized carbons (Fsp3) is 0.174. The van der Waals surface area contributed by atoms with Gasteiger partial charge in [-0.3, -0.25) is 0 Å². The van der Waals surface area contributed by atoms with Gasteiger partial charge in [0.05, 0.1) is 11.7 Å². The molecule has 5 nitrogen and oxygen atoms in total. The number of allylic oxidation sites excluding steroid dienone is 2. The third-order valence-electron chi connectivity index (χ3n) is 4.81. The molecule has 1 aliphatic carbocycles. The van der Waals surface area contributed by atoms with Crippen molar-refractivity contribution in [2.75, 3.05) is 17.2 Å². The Kier molecular flexibility index (Phi) is 5.26. The summed E-state index contributed by atoms with van der Waals surface area (Å²) in [5.74, 6) is 1.18. The van der Waals surface area contributed by atoms with Crippen LogP contribution < -0.4 is 16.4 Å². The molecule has 4 rings (SSSR count). The van der Waals surface area contributed by atoms with Crippen LogP contribution in [0.4, 0.5) is 17.1 Å². The molecule has 0 fully saturated rings. The first-order valence-corrected chi connectivity index (χ1v) is 9.45. The van der Waals surface area contributed by atoms with Crippen LogP contribution in [0, 0.1) is 0 Å². The number of aliphatic imine (C=N–C) groups is 1. The SMILES string of the molecule is NC1C=C(CNc2ccc(NC3=Nc4ccccc4C3)cc2)/C=C\CC=C1O. The minimum absolute atomic E-state index is 0.217. The molecule has 142 valence electrons. The van der Waals surface area contributed by atoms with Crippen molar-refractivity contribution in [2.45, 2.75) is 18.9 Å². The van der Waals surface area contributed by atoms with Gasteiger partial charge in [-0.15, -0.1) is 0 Å². The molecule has 2 aromatic rings. The third-order valence-corrected chi connectivity index (χ3v) is 4.81. The van der Waals surface area contributed by atoms with Gasteiger partial charge in [0, 0.05) is 24.3 Å². The number of nitrogens with one attached hydrogen (secondary N) is 2. The van der Waals surface area contributed by atoms with E-state index in [-0.39, 0.29) is 5.76 Å². The molecule has 28 heavy (non-hydrogen) atoms. The number of hydrogen-bond acceptors (Lipinski definition) is 5. The summed E-state index contributed by atoms with van der Waals surface area (Å²) in [7, 11) is 0. The number of nitrogens with zero attached hydrogens (tertiary/aromatic N) is 1. The van der Waals surface area contributed by atoms with Crippen molar-refractivity contribution in [3.05, 3.63) is 89.7 Å². The van der Waals surface area contributed by atoms with E-state index in [1.165, 1.54) is 5.56 Å². The van der Waals surface area contributed by atoms with Crippen molar-refractivity contribution in [1.82, 2.24) is 0 Å². The first-order valence-electron chi connectivity index (χ1n) is 9.45. The fourth-order valence-electron chi connectivity index (χ4n) is 3.28. The highest BCUT2D eigenvalue weighted by atomic mass is 16.3. The zero-order chi connectivity index (χ0) is 19.3. The normalized spacial score (nSPS) is 19.5. The number of aliphatic hydroxyl groups is 1. The van der Waals surface area contributed by atoms with Gasteiger partial charge in [0.15, 0.2) is 0 Å². The van der Waals surface area contributed by atoms with Crippen LogP contribution >= 0.6 is 0 Å². The molecule has 2 aliphatic rings. The lowest BCUT2D eigenvalue weighted by molar-refractivity contribution is 0.381. The molecule has 0 aromatic heterocycles. The Balaban J connectivity index is 1.35. The number of amidine groups is 1. The van der Waals surface area contributed by atoms with Crippen LogP contribution in [-0.2, 0) is 6.42 Å². The maximum absolute atomic E-state index is 9.81. The van der Waals surface area contributed by atoms with Crippen LogP contribution in [0.15, 0.2) is 89.2 Å². The number of anilines is 2. The van der Waals surface area contributed by atoms with E-state index < -0.39 is 6.04 Å². The average Bonchev–Trinajstić information content (AvgIpc) is 3.11. The largest absolute Gasteiger partial charge is 0.511 e. The highest BCUT2D eigenvalue weighted by Crippen LogP contribution is 2.26. The van der Waals surface area contributed by atoms with E-state index in [4.69, 9.17) is 5.73 Å². The average molecular weight is 372 g/mol. The van der Waals surface area contributed by atoms with E-state index in [2.05, 4.69) is 21.7 Å². The molecule has 1 aliphatic heterocycles. The second-order valence-corrected chi connectivity index (χ2v) is 6.95. The van der Waals surface area contributed by atoms with Gasteiger partial charge in [0.1, 0.15) is 11.6 Å². The summed E-state index contributed by atoms with van der Waals surface area (Å²) < 4.78 is 0. The number of aliphatic hydroxyl groups excluding tert-OH is 1. The minimum Gasteiger partial charge on any atom is -0.511 e. The lowest BCUT2D eigenvalue weighted by Crippen LogP contribution is -2.21. The molecule has 0 amide bonds. The van der Waals surface area contributed by atoms with Gasteiger partial charge in [-0.25, -0.2) is 4.99 Å². The summed E-state index contributed by atoms with van der Waals surface area (Å²) in [6.07, 6.45) is 9.19. The second-order valence-electron chi connectivity index (χ2n) is 6.95. The maximum atomic E-state index is 9.81. The molecule has 0 saturated heterocycles. The van der Waals surface area contributed by atoms with Crippen LogP contribution in [0.1, 0.15) is 12.0 Å². The molecular weight excluding hydrogens is 348 g/mol. The monoisotopic (exact) mass is 372 g/mol. The quantitative estimate of drug-likeness (QED) is 0.639. The van der Waals surface area contributed by atoms with Crippen molar-refractivity contribution in [1.29, 1.82) is 0 Å². The van der Waals surface area contributed by atoms with Crippen molar-refractivity contribution in [3.8, 4) is 0 Å². The fourth-order valence-corrected chi connectivity index (χ4v) is 3.28. The maximum Gasteiger partial charge on any atom is 0.111 e. The third kappa shape index (κ3) is 4.32. The Hall–Kier alpha value is -3.31. The predicted octanol–water partition coefficient (Wildman–Crippen LogP) is 4.45. The van der Waals surface area contributed by atoms with Gasteiger partial charge in [-0.1, -0.05) is 36.4 Å². The molecular formula is C23H24N4O. The van der Waals surface area contributed by atoms with Crippen LogP contribution in [0.25, 0.3) is 0 Å². The van der Waals surface area contributed by atoms with Gasteiger partial charge < -0.3 is 21.5 Å². The molecule has 5 heteroatoms. The topological polar surface area (TPSA) is 82.7 Å². The summed E-state index contributed by atoms with van der Waals surface area (Å²) >= 11 is 0. The van der Waals surface area contributed by atoms with E-state index >= 15 is 0 Å². The zero-order valence-corrected chi connectivity index (χ0v) is 15.6. The Labute approximate surface area is 165 Å². The van der Waals surface area contributed by atoms with E-state index in [0.29, 0.717) is 13.0 Å². The lowest BCUT2D eigenvalue weighted by atomic mass is 10.1. The lowest BCUT2D eigenvalue weighted by Gasteiger charge is -2.13. The summed E-state index contributed by atoms with van der Waals surface area (Å²) in [6, 6.07) is 15.9. The summed E-state index contributed by atoms with van der Waals surface area (Å²) in [5, 5.41) is 16.6. The molecule has 5 N–H and O–H groups in total. The van der Waals surface area contributed by atoms with Crippen LogP contribution in [0.5, 0.6) is 0 Å². The molecule has 0 bridgehead atoms. The first kappa shape index (κ1) is 18.1. The number of benzene rings is 2. The number of hydrogen-bond donors (Lipinski definition) is 4. The van der Waals surface area contributed by atoms with E-state index in [1.54, 1.807) is 6.08 Å². The predicted molar refractivity (Wildman–Crippen MR) is 116 cm³/mol. The highest BCUT2D eigenvalue weighted by Gasteiger charge is 2.13. The standard InChI is InChI=1S/C23H24N4O/c24-20-13-16(5-1-4-8-22(20)28)15-25-18-9-11-19(12-10-18)26-23-14-17-6-2-3-7-21(17)27-23/h1-3,5-13,20,25,28H,4,14-15,24H2,(H,26,27)/b5-1-,16-13?,22-8?. The van der Waals surface area contributed by atoms with Crippen LogP contribution in [-0.4, -0.2) is 23.5 Å². The van der Waals surface area contributed by atoms with Gasteiger partial charge in [-0.05, 0) is 54.0 Å². The Morgan fingerprint density at radius 1 is 1.07 bits per heavy atom. The smallest absolute Gasteiger partial charge is 0.111 e. The molecule has 0 saturated carbocycles. The van der Waals surface area contributed by atoms with Crippen molar-refractivity contribution >= 4 is 22.9 Å². The van der Waals surface area contributed by atoms with Crippen LogP contribution in [0.3, 0.4) is 0 Å². The minimum atomic E-state index is -0.454. The van der Waals surface area contributed by atoms with Gasteiger partial charge in [-0.2, -0.15) is 0 Å². The van der Waals surface area contributed by atoms with Crippen molar-refractivity contribution in [2.24, 2.45) is 10.7 Å². The highest BCUT2D eigenvalue weighted by molar-refractivity contribution is 6.02. The Morgan fingerprint density at radius 3 is 2.68 bits per heavy atom. The van der Waals surface area contributed by atoms with Crippen molar-refractivity contribution in [3.63, 3.8) is 0 Å². The van der Waals surface area contributed by atoms with Gasteiger partial charge in [0.2, 0.25) is 0 Å². The summed E-state index contributed by atoms with van der Waals surface area (Å²) in [6.45, 7) is 0.645. The Bertz CT molecular complexity index is 970. The molecule has 2 aromatic carbocycles. The summed E-state index contributed by atoms with van der Waals surface area (Å²) in [5.41, 5.74) is 11.3. The molecule has 1 atom stereocenters. The molecule has 0 radical (unpaired) electrons. The van der Waals surface area contributed by atoms with Gasteiger partial charge >= 0.3 is 0 Å². The van der Waals surface area contributed by atoms with Gasteiger partial charge in [0.25, 0.3) is 0 Å². The first-order chi connectivity index (χ1) is 13.7. The molecule has 1 unspecified atom stereocenters. The number of para-hydroxylation sites is 1. The van der Waals surface area contributed by atoms with Crippen LogP contribution in [0.2, 0.25) is 0 Å². The number of fused-ring (bicyclic) bond motifs is 1. The molecule has 1 heterocycles. The zero-order valence-electron chi connectivity index (χ0n) is 15.6. The Morgan fingerprint density at radius 2 is 1.86 bits per heavy atom. The van der Waals surface area contributed by atoms with E-state index in [0.717, 1.165) is 34.9 Å².